The van der Waals surface area contributed by atoms with Crippen LogP contribution in [0.2, 0.25) is 0 Å². The standard InChI is InChI=1S/C18H40N2/c1-10-14-16(15-19(9)13-4)20(17(5,6)11-2)18(7,8)12-3/h16H,10-15H2,1-9H3. The second kappa shape index (κ2) is 8.38. The lowest BCUT2D eigenvalue weighted by molar-refractivity contribution is -0.0402. The quantitative estimate of drug-likeness (QED) is 0.569. The summed E-state index contributed by atoms with van der Waals surface area (Å²) in [6.45, 7) is 21.2. The smallest absolute Gasteiger partial charge is 0.0233 e. The second-order valence-electron chi connectivity index (χ2n) is 7.50. The summed E-state index contributed by atoms with van der Waals surface area (Å²) in [7, 11) is 2.25. The summed E-state index contributed by atoms with van der Waals surface area (Å²) < 4.78 is 0. The minimum absolute atomic E-state index is 0.258. The highest BCUT2D eigenvalue weighted by molar-refractivity contribution is 4.96. The largest absolute Gasteiger partial charge is 0.305 e. The van der Waals surface area contributed by atoms with Crippen molar-refractivity contribution >= 4 is 0 Å². The summed E-state index contributed by atoms with van der Waals surface area (Å²) in [6.07, 6.45) is 4.95. The van der Waals surface area contributed by atoms with Crippen molar-refractivity contribution < 1.29 is 0 Å². The molecule has 0 spiro atoms. The first-order valence-electron chi connectivity index (χ1n) is 8.64. The van der Waals surface area contributed by atoms with Gasteiger partial charge >= 0.3 is 0 Å². The maximum absolute atomic E-state index is 2.82. The van der Waals surface area contributed by atoms with Crippen molar-refractivity contribution in [2.24, 2.45) is 0 Å². The van der Waals surface area contributed by atoms with Gasteiger partial charge in [-0.2, -0.15) is 0 Å². The molecule has 0 amide bonds. The fourth-order valence-corrected chi connectivity index (χ4v) is 3.27. The van der Waals surface area contributed by atoms with Crippen LogP contribution in [-0.2, 0) is 0 Å². The van der Waals surface area contributed by atoms with Crippen LogP contribution >= 0.6 is 0 Å². The van der Waals surface area contributed by atoms with Crippen LogP contribution in [0.1, 0.15) is 81.1 Å². The fraction of sp³-hybridized carbons (Fsp3) is 1.00. The van der Waals surface area contributed by atoms with Crippen LogP contribution < -0.4 is 0 Å². The minimum Gasteiger partial charge on any atom is -0.305 e. The second-order valence-corrected chi connectivity index (χ2v) is 7.50. The lowest BCUT2D eigenvalue weighted by Crippen LogP contribution is -2.61. The van der Waals surface area contributed by atoms with E-state index in [0.717, 1.165) is 6.54 Å². The van der Waals surface area contributed by atoms with Gasteiger partial charge in [-0.05, 0) is 60.5 Å². The molecule has 0 aliphatic rings. The van der Waals surface area contributed by atoms with E-state index in [9.17, 15) is 0 Å². The van der Waals surface area contributed by atoms with Crippen LogP contribution in [0.4, 0.5) is 0 Å². The van der Waals surface area contributed by atoms with Crippen molar-refractivity contribution in [3.05, 3.63) is 0 Å². The molecule has 0 aliphatic carbocycles. The van der Waals surface area contributed by atoms with E-state index in [2.05, 4.69) is 72.2 Å². The number of hydrogen-bond acceptors (Lipinski definition) is 2. The highest BCUT2D eigenvalue weighted by Gasteiger charge is 2.40. The van der Waals surface area contributed by atoms with Crippen molar-refractivity contribution in [3.63, 3.8) is 0 Å². The first-order valence-corrected chi connectivity index (χ1v) is 8.64. The molecule has 0 aromatic carbocycles. The third-order valence-electron chi connectivity index (χ3n) is 5.08. The zero-order valence-corrected chi connectivity index (χ0v) is 15.7. The molecule has 0 saturated carbocycles. The van der Waals surface area contributed by atoms with Gasteiger partial charge in [0.2, 0.25) is 0 Å². The van der Waals surface area contributed by atoms with E-state index < -0.39 is 0 Å². The van der Waals surface area contributed by atoms with E-state index in [1.165, 1.54) is 32.2 Å². The molecule has 0 rings (SSSR count). The van der Waals surface area contributed by atoms with Crippen LogP contribution in [0, 0.1) is 0 Å². The highest BCUT2D eigenvalue weighted by Crippen LogP contribution is 2.34. The van der Waals surface area contributed by atoms with Crippen LogP contribution in [0.3, 0.4) is 0 Å². The number of nitrogens with zero attached hydrogens (tertiary/aromatic N) is 2. The maximum Gasteiger partial charge on any atom is 0.0233 e. The van der Waals surface area contributed by atoms with Gasteiger partial charge in [-0.1, -0.05) is 34.1 Å². The molecule has 0 saturated heterocycles. The molecule has 0 bridgehead atoms. The van der Waals surface area contributed by atoms with E-state index >= 15 is 0 Å². The molecule has 0 heterocycles. The molecule has 0 aliphatic heterocycles. The summed E-state index contributed by atoms with van der Waals surface area (Å²) in [5.41, 5.74) is 0.516. The molecule has 0 fully saturated rings. The Hall–Kier alpha value is -0.0800. The molecule has 0 N–H and O–H groups in total. The summed E-state index contributed by atoms with van der Waals surface area (Å²) in [6, 6.07) is 0.648. The fourth-order valence-electron chi connectivity index (χ4n) is 3.27. The van der Waals surface area contributed by atoms with Crippen LogP contribution in [0.5, 0.6) is 0 Å². The van der Waals surface area contributed by atoms with Crippen LogP contribution in [0.25, 0.3) is 0 Å². The minimum atomic E-state index is 0.258. The van der Waals surface area contributed by atoms with E-state index in [1.807, 2.05) is 0 Å². The number of rotatable bonds is 10. The Bertz CT molecular complexity index is 242. The number of hydrogen-bond donors (Lipinski definition) is 0. The van der Waals surface area contributed by atoms with Gasteiger partial charge in [-0.15, -0.1) is 0 Å². The lowest BCUT2D eigenvalue weighted by atomic mass is 9.86. The summed E-state index contributed by atoms with van der Waals surface area (Å²) >= 11 is 0. The average Bonchev–Trinajstić information content (AvgIpc) is 2.38. The number of likely N-dealkylation sites (N-methyl/N-ethyl adjacent to an activating group) is 1. The molecule has 0 radical (unpaired) electrons. The Morgan fingerprint density at radius 3 is 1.60 bits per heavy atom. The zero-order valence-electron chi connectivity index (χ0n) is 15.7. The predicted octanol–water partition coefficient (Wildman–Crippen LogP) is 4.79. The van der Waals surface area contributed by atoms with Gasteiger partial charge in [0.05, 0.1) is 0 Å². The van der Waals surface area contributed by atoms with Gasteiger partial charge in [-0.3, -0.25) is 4.90 Å². The van der Waals surface area contributed by atoms with E-state index in [0.29, 0.717) is 6.04 Å². The SMILES string of the molecule is CCCC(CN(C)CC)N(C(C)(C)CC)C(C)(C)CC. The normalized spacial score (nSPS) is 15.2. The Morgan fingerprint density at radius 1 is 0.850 bits per heavy atom. The summed E-state index contributed by atoms with van der Waals surface area (Å²) in [5.74, 6) is 0. The molecular formula is C18H40N2. The Morgan fingerprint density at radius 2 is 1.30 bits per heavy atom. The van der Waals surface area contributed by atoms with Gasteiger partial charge in [0.1, 0.15) is 0 Å². The third-order valence-corrected chi connectivity index (χ3v) is 5.08. The highest BCUT2D eigenvalue weighted by atomic mass is 15.3. The Kier molecular flexibility index (Phi) is 8.35. The van der Waals surface area contributed by atoms with Crippen molar-refractivity contribution in [2.45, 2.75) is 98.2 Å². The first-order chi connectivity index (χ1) is 9.16. The maximum atomic E-state index is 2.82. The monoisotopic (exact) mass is 284 g/mol. The Balaban J connectivity index is 5.42. The van der Waals surface area contributed by atoms with Crippen molar-refractivity contribution in [1.29, 1.82) is 0 Å². The molecule has 1 atom stereocenters. The molecular weight excluding hydrogens is 244 g/mol. The predicted molar refractivity (Wildman–Crippen MR) is 92.4 cm³/mol. The van der Waals surface area contributed by atoms with Gasteiger partial charge in [0.25, 0.3) is 0 Å². The van der Waals surface area contributed by atoms with E-state index in [4.69, 9.17) is 0 Å². The van der Waals surface area contributed by atoms with Gasteiger partial charge < -0.3 is 4.90 Å². The van der Waals surface area contributed by atoms with Gasteiger partial charge in [-0.25, -0.2) is 0 Å². The zero-order chi connectivity index (χ0) is 16.0. The Labute approximate surface area is 128 Å². The topological polar surface area (TPSA) is 6.48 Å². The first kappa shape index (κ1) is 19.9. The molecule has 0 aromatic rings. The molecule has 20 heavy (non-hydrogen) atoms. The third kappa shape index (κ3) is 5.37. The molecule has 2 heteroatoms. The summed E-state index contributed by atoms with van der Waals surface area (Å²) in [5, 5.41) is 0. The lowest BCUT2D eigenvalue weighted by Gasteiger charge is -2.53. The summed E-state index contributed by atoms with van der Waals surface area (Å²) in [4.78, 5) is 5.28. The molecule has 0 aromatic heterocycles. The van der Waals surface area contributed by atoms with Crippen molar-refractivity contribution in [2.75, 3.05) is 20.1 Å². The van der Waals surface area contributed by atoms with Crippen LogP contribution in [-0.4, -0.2) is 47.1 Å². The average molecular weight is 285 g/mol. The molecule has 1 unspecified atom stereocenters. The van der Waals surface area contributed by atoms with Crippen molar-refractivity contribution in [1.82, 2.24) is 9.80 Å². The van der Waals surface area contributed by atoms with E-state index in [1.54, 1.807) is 0 Å². The van der Waals surface area contributed by atoms with Gasteiger partial charge in [0, 0.05) is 23.7 Å². The van der Waals surface area contributed by atoms with Crippen LogP contribution in [0.15, 0.2) is 0 Å². The van der Waals surface area contributed by atoms with E-state index in [-0.39, 0.29) is 11.1 Å². The molecule has 2 nitrogen and oxygen atoms in total. The van der Waals surface area contributed by atoms with Gasteiger partial charge in [0.15, 0.2) is 0 Å². The van der Waals surface area contributed by atoms with Crippen molar-refractivity contribution in [3.8, 4) is 0 Å². The molecule has 122 valence electrons.